The largest absolute Gasteiger partial charge is 0.467 e. The summed E-state index contributed by atoms with van der Waals surface area (Å²) in [5.41, 5.74) is 9.87. The lowest BCUT2D eigenvalue weighted by Gasteiger charge is -2.23. The van der Waals surface area contributed by atoms with E-state index in [1.54, 1.807) is 6.26 Å². The van der Waals surface area contributed by atoms with Crippen molar-refractivity contribution in [3.05, 3.63) is 54.7 Å². The Morgan fingerprint density at radius 2 is 1.97 bits per heavy atom. The van der Waals surface area contributed by atoms with E-state index in [1.807, 2.05) is 41.1 Å². The van der Waals surface area contributed by atoms with Crippen molar-refractivity contribution in [2.45, 2.75) is 25.4 Å². The number of rotatable bonds is 5. The molecule has 4 heterocycles. The lowest BCUT2D eigenvalue weighted by atomic mass is 10.1. The number of hydrogen-bond acceptors (Lipinski definition) is 7. The van der Waals surface area contributed by atoms with E-state index in [4.69, 9.17) is 15.2 Å². The molecule has 3 aromatic heterocycles. The van der Waals surface area contributed by atoms with Crippen LogP contribution < -0.4 is 16.4 Å². The predicted octanol–water partition coefficient (Wildman–Crippen LogP) is 3.21. The highest BCUT2D eigenvalue weighted by Gasteiger charge is 2.23. The number of anilines is 2. The summed E-state index contributed by atoms with van der Waals surface area (Å²) in [6.45, 7) is 2.61. The van der Waals surface area contributed by atoms with Crippen LogP contribution in [0.4, 0.5) is 11.5 Å². The highest BCUT2D eigenvalue weighted by Crippen LogP contribution is 2.33. The van der Waals surface area contributed by atoms with E-state index in [9.17, 15) is 0 Å². The summed E-state index contributed by atoms with van der Waals surface area (Å²) in [6.07, 6.45) is 5.24. The molecule has 4 N–H and O–H groups in total. The Morgan fingerprint density at radius 1 is 1.14 bits per heavy atom. The Kier molecular flexibility index (Phi) is 4.61. The number of benzene rings is 1. The van der Waals surface area contributed by atoms with Crippen molar-refractivity contribution in [3.63, 3.8) is 0 Å². The quantitative estimate of drug-likeness (QED) is 0.481. The highest BCUT2D eigenvalue weighted by atomic mass is 16.3. The van der Waals surface area contributed by atoms with E-state index < -0.39 is 0 Å². The molecular formula is C21H23N7O. The van der Waals surface area contributed by atoms with Crippen molar-refractivity contribution < 1.29 is 4.42 Å². The molecule has 1 aliphatic rings. The molecule has 1 aliphatic heterocycles. The standard InChI is InChI=1S/C21H23N7O/c22-20-18-19(14-3-5-15(6-4-14)24-12-17-2-1-11-29-17)27-28(21(18)26-13-25-20)16-7-9-23-10-8-16/h1-6,11,13,16,23-24H,7-10,12H2,(H2,22,25,26). The van der Waals surface area contributed by atoms with Gasteiger partial charge in [-0.2, -0.15) is 5.10 Å². The number of fused-ring (bicyclic) bond motifs is 1. The number of nitrogens with zero attached hydrogens (tertiary/aromatic N) is 4. The molecular weight excluding hydrogens is 366 g/mol. The van der Waals surface area contributed by atoms with Crippen LogP contribution in [0.1, 0.15) is 24.6 Å². The zero-order chi connectivity index (χ0) is 19.6. The Bertz CT molecular complexity index is 1100. The molecule has 0 amide bonds. The first-order valence-electron chi connectivity index (χ1n) is 9.85. The lowest BCUT2D eigenvalue weighted by Crippen LogP contribution is -2.30. The van der Waals surface area contributed by atoms with Crippen LogP contribution in [0.3, 0.4) is 0 Å². The third-order valence-corrected chi connectivity index (χ3v) is 5.38. The molecule has 0 bridgehead atoms. The van der Waals surface area contributed by atoms with E-state index in [2.05, 4.69) is 20.6 Å². The van der Waals surface area contributed by atoms with Gasteiger partial charge in [-0.3, -0.25) is 0 Å². The fourth-order valence-corrected chi connectivity index (χ4v) is 3.85. The monoisotopic (exact) mass is 389 g/mol. The van der Waals surface area contributed by atoms with Crippen molar-refractivity contribution >= 4 is 22.5 Å². The molecule has 5 rings (SSSR count). The van der Waals surface area contributed by atoms with Gasteiger partial charge in [-0.1, -0.05) is 12.1 Å². The van der Waals surface area contributed by atoms with Crippen LogP contribution in [0.2, 0.25) is 0 Å². The smallest absolute Gasteiger partial charge is 0.164 e. The fraction of sp³-hybridized carbons (Fsp3) is 0.286. The molecule has 0 radical (unpaired) electrons. The molecule has 0 atom stereocenters. The molecule has 0 unspecified atom stereocenters. The average molecular weight is 389 g/mol. The van der Waals surface area contributed by atoms with Gasteiger partial charge in [-0.25, -0.2) is 14.6 Å². The molecule has 1 fully saturated rings. The van der Waals surface area contributed by atoms with Crippen molar-refractivity contribution in [2.24, 2.45) is 0 Å². The number of hydrogen-bond donors (Lipinski definition) is 3. The molecule has 1 aromatic carbocycles. The van der Waals surface area contributed by atoms with Crippen molar-refractivity contribution in [2.75, 3.05) is 24.1 Å². The zero-order valence-electron chi connectivity index (χ0n) is 16.0. The summed E-state index contributed by atoms with van der Waals surface area (Å²) in [5, 5.41) is 12.5. The van der Waals surface area contributed by atoms with Crippen LogP contribution in [-0.4, -0.2) is 32.8 Å². The molecule has 8 nitrogen and oxygen atoms in total. The maximum atomic E-state index is 6.23. The topological polar surface area (TPSA) is 107 Å². The molecule has 8 heteroatoms. The Morgan fingerprint density at radius 3 is 2.72 bits per heavy atom. The van der Waals surface area contributed by atoms with E-state index in [0.717, 1.165) is 59.7 Å². The van der Waals surface area contributed by atoms with Gasteiger partial charge >= 0.3 is 0 Å². The third kappa shape index (κ3) is 3.42. The summed E-state index contributed by atoms with van der Waals surface area (Å²) in [7, 11) is 0. The molecule has 1 saturated heterocycles. The van der Waals surface area contributed by atoms with Crippen LogP contribution in [0, 0.1) is 0 Å². The first-order chi connectivity index (χ1) is 14.3. The van der Waals surface area contributed by atoms with Gasteiger partial charge in [0.05, 0.1) is 24.2 Å². The number of furan rings is 1. The van der Waals surface area contributed by atoms with Crippen molar-refractivity contribution in [1.29, 1.82) is 0 Å². The van der Waals surface area contributed by atoms with Gasteiger partial charge in [0.15, 0.2) is 5.65 Å². The van der Waals surface area contributed by atoms with Crippen LogP contribution in [-0.2, 0) is 6.54 Å². The summed E-state index contributed by atoms with van der Waals surface area (Å²) in [6, 6.07) is 12.3. The van der Waals surface area contributed by atoms with Gasteiger partial charge in [-0.15, -0.1) is 0 Å². The molecule has 0 saturated carbocycles. The average Bonchev–Trinajstić information content (AvgIpc) is 3.42. The van der Waals surface area contributed by atoms with Crippen molar-refractivity contribution in [3.8, 4) is 11.3 Å². The second kappa shape index (κ2) is 7.56. The second-order valence-electron chi connectivity index (χ2n) is 7.24. The maximum absolute atomic E-state index is 6.23. The SMILES string of the molecule is Nc1ncnc2c1c(-c1ccc(NCc3ccco3)cc1)nn2C1CCNCC1. The van der Waals surface area contributed by atoms with E-state index in [1.165, 1.54) is 6.33 Å². The molecule has 0 aliphatic carbocycles. The Labute approximate surface area is 168 Å². The van der Waals surface area contributed by atoms with Gasteiger partial charge in [-0.05, 0) is 50.2 Å². The second-order valence-corrected chi connectivity index (χ2v) is 7.24. The van der Waals surface area contributed by atoms with E-state index >= 15 is 0 Å². The molecule has 29 heavy (non-hydrogen) atoms. The van der Waals surface area contributed by atoms with E-state index in [0.29, 0.717) is 18.4 Å². The van der Waals surface area contributed by atoms with Gasteiger partial charge in [0, 0.05) is 11.3 Å². The number of nitrogen functional groups attached to an aromatic ring is 1. The maximum Gasteiger partial charge on any atom is 0.164 e. The molecule has 0 spiro atoms. The first kappa shape index (κ1) is 17.7. The number of nitrogens with one attached hydrogen (secondary N) is 2. The summed E-state index contributed by atoms with van der Waals surface area (Å²) in [4.78, 5) is 8.71. The Hall–Kier alpha value is -3.39. The fourth-order valence-electron chi connectivity index (χ4n) is 3.85. The lowest BCUT2D eigenvalue weighted by molar-refractivity contribution is 0.350. The van der Waals surface area contributed by atoms with Crippen LogP contribution in [0.5, 0.6) is 0 Å². The highest BCUT2D eigenvalue weighted by molar-refractivity contribution is 5.98. The molecule has 148 valence electrons. The van der Waals surface area contributed by atoms with Crippen LogP contribution in [0.25, 0.3) is 22.3 Å². The minimum absolute atomic E-state index is 0.316. The van der Waals surface area contributed by atoms with Crippen molar-refractivity contribution in [1.82, 2.24) is 25.1 Å². The summed E-state index contributed by atoms with van der Waals surface area (Å²) >= 11 is 0. The normalized spacial score (nSPS) is 15.0. The van der Waals surface area contributed by atoms with Crippen LogP contribution >= 0.6 is 0 Å². The number of piperidine rings is 1. The first-order valence-corrected chi connectivity index (χ1v) is 9.85. The summed E-state index contributed by atoms with van der Waals surface area (Å²) in [5.74, 6) is 1.36. The predicted molar refractivity (Wildman–Crippen MR) is 112 cm³/mol. The van der Waals surface area contributed by atoms with Gasteiger partial charge in [0.1, 0.15) is 23.6 Å². The number of aromatic nitrogens is 4. The Balaban J connectivity index is 1.47. The third-order valence-electron chi connectivity index (χ3n) is 5.38. The van der Waals surface area contributed by atoms with Gasteiger partial charge in [0.25, 0.3) is 0 Å². The zero-order valence-corrected chi connectivity index (χ0v) is 16.0. The number of nitrogens with two attached hydrogens (primary N) is 1. The minimum atomic E-state index is 0.316. The molecule has 4 aromatic rings. The van der Waals surface area contributed by atoms with Gasteiger partial charge in [0.2, 0.25) is 0 Å². The van der Waals surface area contributed by atoms with Crippen LogP contribution in [0.15, 0.2) is 53.4 Å². The minimum Gasteiger partial charge on any atom is -0.467 e. The van der Waals surface area contributed by atoms with Gasteiger partial charge < -0.3 is 20.8 Å². The summed E-state index contributed by atoms with van der Waals surface area (Å²) < 4.78 is 7.40. The van der Waals surface area contributed by atoms with E-state index in [-0.39, 0.29) is 0 Å².